The van der Waals surface area contributed by atoms with Crippen LogP contribution in [0, 0.1) is 0 Å². The molecule has 0 aliphatic carbocycles. The van der Waals surface area contributed by atoms with E-state index in [1.165, 1.54) is 49.0 Å². The van der Waals surface area contributed by atoms with E-state index in [4.69, 9.17) is 54.8 Å². The molecule has 0 fully saturated rings. The number of fused-ring (bicyclic) bond motifs is 20. The van der Waals surface area contributed by atoms with E-state index in [0.29, 0.717) is 41.1 Å². The Morgan fingerprint density at radius 3 is 0.919 bits per heavy atom. The molecule has 136 heavy (non-hydrogen) atoms. The normalized spacial score (nSPS) is 11.7. The second-order valence-electron chi connectivity index (χ2n) is 33.7. The van der Waals surface area contributed by atoms with Crippen LogP contribution in [0.25, 0.3) is 245 Å². The molecule has 28 aromatic rings. The first-order valence-electron chi connectivity index (χ1n) is 45.3. The second kappa shape index (κ2) is 32.6. The lowest BCUT2D eigenvalue weighted by atomic mass is 10.0. The van der Waals surface area contributed by atoms with E-state index in [0.717, 1.165) is 155 Å². The van der Waals surface area contributed by atoms with Gasteiger partial charge in [0.15, 0.2) is 23.3 Å². The van der Waals surface area contributed by atoms with Crippen LogP contribution in [0.4, 0.5) is 0 Å². The standard InChI is InChI=1S/C43H27N5.2C38H24N6/c1-3-12-28(13-4-1)29-21-23-30(24-22-29)41-34-17-7-9-19-37(34)45-43(46-41)48-40-26-35-32-16-8-10-20-38(32)47(31-14-5-2-6-15-31)39(35)27-36(40)33-18-11-25-44-42(33)48;1-4-13-25(14-5-1)35-40-36(26-15-6-2-7-16-26)42-38(41-35)44-32-23-22-31-33(34(32)29-20-12-24-39-37(29)44)28-19-10-11-21-30(28)43(31)27-17-8-3-9-18-27;1-4-13-25(14-5-1)35-40-36(26-15-6-2-7-16-26)42-38(41-35)44-34-24-33-30(23-31(34)29-20-12-22-39-37(29)44)28-19-10-11-21-32(28)43(33)27-17-8-3-9-18-27/h1-27H;2*1-24H. The highest BCUT2D eigenvalue weighted by atomic mass is 15.2. The van der Waals surface area contributed by atoms with Gasteiger partial charge in [-0.2, -0.15) is 19.9 Å². The van der Waals surface area contributed by atoms with Crippen LogP contribution in [-0.2, 0) is 0 Å². The Bertz CT molecular complexity index is 9400. The molecule has 0 saturated heterocycles. The van der Waals surface area contributed by atoms with Crippen molar-refractivity contribution in [3.8, 4) is 103 Å². The smallest absolute Gasteiger partial charge is 0.240 e. The molecule has 12 heterocycles. The summed E-state index contributed by atoms with van der Waals surface area (Å²) in [6.45, 7) is 0. The lowest BCUT2D eigenvalue weighted by molar-refractivity contribution is 0.944. The van der Waals surface area contributed by atoms with E-state index in [1.54, 1.807) is 0 Å². The molecule has 0 N–H and O–H groups in total. The van der Waals surface area contributed by atoms with Gasteiger partial charge in [-0.05, 0) is 145 Å². The van der Waals surface area contributed by atoms with Crippen molar-refractivity contribution in [2.75, 3.05) is 0 Å². The Morgan fingerprint density at radius 2 is 0.449 bits per heavy atom. The maximum Gasteiger partial charge on any atom is 0.240 e. The number of aromatic nitrogens is 17. The third kappa shape index (κ3) is 13.2. The minimum Gasteiger partial charge on any atom is -0.309 e. The van der Waals surface area contributed by atoms with Crippen molar-refractivity contribution < 1.29 is 0 Å². The highest BCUT2D eigenvalue weighted by Gasteiger charge is 2.28. The van der Waals surface area contributed by atoms with Crippen molar-refractivity contribution in [3.63, 3.8) is 0 Å². The van der Waals surface area contributed by atoms with Crippen LogP contribution in [0.5, 0.6) is 0 Å². The number of rotatable bonds is 12. The van der Waals surface area contributed by atoms with Gasteiger partial charge in [-0.1, -0.05) is 303 Å². The Hall–Kier alpha value is -18.9. The molecule has 0 amide bonds. The van der Waals surface area contributed by atoms with E-state index in [9.17, 15) is 0 Å². The van der Waals surface area contributed by atoms with Crippen LogP contribution in [0.2, 0.25) is 0 Å². The lowest BCUT2D eigenvalue weighted by Crippen LogP contribution is -2.07. The molecule has 28 rings (SSSR count). The number of hydrogen-bond donors (Lipinski definition) is 0. The molecule has 0 bridgehead atoms. The maximum absolute atomic E-state index is 5.32. The molecule has 12 aromatic heterocycles. The molecule has 17 heteroatoms. The highest BCUT2D eigenvalue weighted by molar-refractivity contribution is 6.29. The van der Waals surface area contributed by atoms with Gasteiger partial charge >= 0.3 is 0 Å². The monoisotopic (exact) mass is 1740 g/mol. The molecular formula is C119H75N17. The van der Waals surface area contributed by atoms with Crippen LogP contribution < -0.4 is 0 Å². The van der Waals surface area contributed by atoms with Gasteiger partial charge in [0.1, 0.15) is 16.9 Å². The Kier molecular flexibility index (Phi) is 18.8. The number of para-hydroxylation sites is 7. The van der Waals surface area contributed by atoms with E-state index < -0.39 is 0 Å². The van der Waals surface area contributed by atoms with Crippen LogP contribution in [0.1, 0.15) is 0 Å². The molecule has 0 spiro atoms. The predicted molar refractivity (Wildman–Crippen MR) is 551 cm³/mol. The number of pyridine rings is 3. The lowest BCUT2D eigenvalue weighted by Gasteiger charge is -2.12. The fourth-order valence-corrected chi connectivity index (χ4v) is 19.8. The van der Waals surface area contributed by atoms with Crippen molar-refractivity contribution in [2.45, 2.75) is 0 Å². The summed E-state index contributed by atoms with van der Waals surface area (Å²) >= 11 is 0. The summed E-state index contributed by atoms with van der Waals surface area (Å²) in [6.07, 6.45) is 5.51. The molecular weight excluding hydrogens is 1670 g/mol. The number of nitrogens with zero attached hydrogens (tertiary/aromatic N) is 17. The average molecular weight is 1740 g/mol. The molecule has 0 saturated carbocycles. The first kappa shape index (κ1) is 78.2. The number of benzene rings is 16. The fourth-order valence-electron chi connectivity index (χ4n) is 19.8. The summed E-state index contributed by atoms with van der Waals surface area (Å²) in [5.74, 6) is 4.10. The minimum atomic E-state index is 0.526. The molecule has 0 aliphatic rings. The van der Waals surface area contributed by atoms with Crippen LogP contribution in [-0.4, -0.2) is 82.2 Å². The largest absolute Gasteiger partial charge is 0.309 e. The van der Waals surface area contributed by atoms with Gasteiger partial charge in [-0.3, -0.25) is 13.7 Å². The molecule has 0 aliphatic heterocycles. The summed E-state index contributed by atoms with van der Waals surface area (Å²) in [5, 5.41) is 14.6. The molecule has 16 aromatic carbocycles. The van der Waals surface area contributed by atoms with Crippen molar-refractivity contribution in [1.29, 1.82) is 0 Å². The maximum atomic E-state index is 5.32. The van der Waals surface area contributed by atoms with E-state index in [1.807, 2.05) is 170 Å². The SMILES string of the molecule is c1ccc(-c2ccc(-c3nc(-n4c5cc6c7ccccc7n(-c7ccccc7)c6cc5c5cccnc54)nc4ccccc34)cc2)cc1.c1ccc(-c2nc(-c3ccccc3)nc(-n3c4cc5c(cc4c4cccnc43)c3ccccc3n5-c3ccccc3)n2)cc1.c1ccc(-c2nc(-c3ccccc3)nc(-n3c4ccc5c(c6ccccc6n5-c5ccccc5)c4c4cccnc43)n2)cc1. The van der Waals surface area contributed by atoms with Gasteiger partial charge in [-0.15, -0.1) is 0 Å². The molecule has 0 radical (unpaired) electrons. The van der Waals surface area contributed by atoms with Crippen molar-refractivity contribution in [3.05, 3.63) is 455 Å². The van der Waals surface area contributed by atoms with Gasteiger partial charge in [0, 0.05) is 133 Å². The van der Waals surface area contributed by atoms with E-state index in [2.05, 4.69) is 313 Å². The quantitative estimate of drug-likeness (QED) is 0.114. The Labute approximate surface area is 777 Å². The Morgan fingerprint density at radius 1 is 0.154 bits per heavy atom. The second-order valence-corrected chi connectivity index (χ2v) is 33.7. The summed E-state index contributed by atoms with van der Waals surface area (Å²) in [6, 6.07) is 151. The molecule has 636 valence electrons. The zero-order valence-corrected chi connectivity index (χ0v) is 72.9. The van der Waals surface area contributed by atoms with E-state index in [-0.39, 0.29) is 0 Å². The topological polar surface area (TPSA) is 171 Å². The van der Waals surface area contributed by atoms with Gasteiger partial charge < -0.3 is 13.7 Å². The van der Waals surface area contributed by atoms with Crippen LogP contribution in [0.3, 0.4) is 0 Å². The zero-order chi connectivity index (χ0) is 89.7. The van der Waals surface area contributed by atoms with Crippen molar-refractivity contribution >= 4 is 142 Å². The molecule has 0 atom stereocenters. The summed E-state index contributed by atoms with van der Waals surface area (Å²) in [4.78, 5) is 55.3. The molecule has 0 unspecified atom stereocenters. The van der Waals surface area contributed by atoms with Crippen molar-refractivity contribution in [1.82, 2.24) is 82.2 Å². The number of hydrogen-bond acceptors (Lipinski definition) is 11. The van der Waals surface area contributed by atoms with Crippen molar-refractivity contribution in [2.24, 2.45) is 0 Å². The zero-order valence-electron chi connectivity index (χ0n) is 72.9. The first-order valence-corrected chi connectivity index (χ1v) is 45.3. The third-order valence-electron chi connectivity index (χ3n) is 25.8. The predicted octanol–water partition coefficient (Wildman–Crippen LogP) is 28.1. The summed E-state index contributed by atoms with van der Waals surface area (Å²) in [7, 11) is 0. The third-order valence-corrected chi connectivity index (χ3v) is 25.8. The minimum absolute atomic E-state index is 0.526. The van der Waals surface area contributed by atoms with Crippen LogP contribution >= 0.6 is 0 Å². The van der Waals surface area contributed by atoms with Gasteiger partial charge in [0.2, 0.25) is 17.8 Å². The van der Waals surface area contributed by atoms with E-state index >= 15 is 0 Å². The summed E-state index contributed by atoms with van der Waals surface area (Å²) in [5.41, 5.74) is 24.5. The van der Waals surface area contributed by atoms with Gasteiger partial charge in [-0.25, -0.2) is 34.9 Å². The van der Waals surface area contributed by atoms with Gasteiger partial charge in [0.05, 0.1) is 60.9 Å². The van der Waals surface area contributed by atoms with Gasteiger partial charge in [0.25, 0.3) is 0 Å². The Balaban J connectivity index is 0.000000106. The summed E-state index contributed by atoms with van der Waals surface area (Å²) < 4.78 is 13.3. The van der Waals surface area contributed by atoms with Crippen LogP contribution in [0.15, 0.2) is 455 Å². The highest BCUT2D eigenvalue weighted by Crippen LogP contribution is 2.46. The first-order chi connectivity index (χ1) is 67.5. The molecule has 17 nitrogen and oxygen atoms in total. The fraction of sp³-hybridized carbons (Fsp3) is 0. The average Bonchev–Trinajstić information content (AvgIpc) is 1.55.